The van der Waals surface area contributed by atoms with Gasteiger partial charge in [0.15, 0.2) is 8.32 Å². The number of allylic oxidation sites excluding steroid dienone is 2. The minimum Gasteiger partial charge on any atom is -0.497 e. The molecule has 2 aliphatic rings. The van der Waals surface area contributed by atoms with Crippen LogP contribution in [-0.2, 0) is 25.3 Å². The molecule has 1 N–H and O–H groups in total. The van der Waals surface area contributed by atoms with Crippen LogP contribution in [0.4, 0.5) is 0 Å². The van der Waals surface area contributed by atoms with Crippen molar-refractivity contribution in [1.82, 2.24) is 0 Å². The van der Waals surface area contributed by atoms with Gasteiger partial charge in [-0.2, -0.15) is 5.26 Å². The zero-order chi connectivity index (χ0) is 37.1. The zero-order valence-corrected chi connectivity index (χ0v) is 33.7. The first-order valence-corrected chi connectivity index (χ1v) is 22.0. The molecule has 1 heterocycles. The lowest BCUT2D eigenvalue weighted by Crippen LogP contribution is -2.46. The molecule has 50 heavy (non-hydrogen) atoms. The minimum absolute atomic E-state index is 0.0196. The molecule has 3 rings (SSSR count). The van der Waals surface area contributed by atoms with Crippen LogP contribution in [0.25, 0.3) is 0 Å². The number of aliphatic hydroxyl groups excluding tert-OH is 1. The average molecular weight is 710 g/mol. The van der Waals surface area contributed by atoms with Gasteiger partial charge in [0.05, 0.1) is 50.6 Å². The van der Waals surface area contributed by atoms with Crippen molar-refractivity contribution in [3.05, 3.63) is 53.6 Å². The summed E-state index contributed by atoms with van der Waals surface area (Å²) in [6.07, 6.45) is 10.8. The number of cyclic esters (lactones) is 1. The van der Waals surface area contributed by atoms with E-state index in [0.29, 0.717) is 37.0 Å². The van der Waals surface area contributed by atoms with Crippen molar-refractivity contribution in [3.8, 4) is 11.8 Å². The van der Waals surface area contributed by atoms with Crippen LogP contribution in [0.3, 0.4) is 0 Å². The number of esters is 1. The molecular weight excluding hydrogens is 643 g/mol. The number of hydrogen-bond acceptors (Lipinski definition) is 7. The molecule has 9 atom stereocenters. The second-order valence-electron chi connectivity index (χ2n) is 17.1. The van der Waals surface area contributed by atoms with Crippen molar-refractivity contribution in [2.75, 3.05) is 13.7 Å². The molecule has 1 aromatic rings. The molecule has 8 heteroatoms. The van der Waals surface area contributed by atoms with E-state index in [2.05, 4.69) is 60.7 Å². The fourth-order valence-corrected chi connectivity index (χ4v) is 9.17. The number of nitriles is 1. The summed E-state index contributed by atoms with van der Waals surface area (Å²) < 4.78 is 25.0. The fourth-order valence-electron chi connectivity index (χ4n) is 7.74. The van der Waals surface area contributed by atoms with Crippen molar-refractivity contribution in [3.63, 3.8) is 0 Å². The Morgan fingerprint density at radius 3 is 2.28 bits per heavy atom. The highest BCUT2D eigenvalue weighted by atomic mass is 28.4. The van der Waals surface area contributed by atoms with Gasteiger partial charge in [0.2, 0.25) is 0 Å². The monoisotopic (exact) mass is 709 g/mol. The highest BCUT2D eigenvalue weighted by molar-refractivity contribution is 6.74. The number of hydrogen-bond donors (Lipinski definition) is 1. The van der Waals surface area contributed by atoms with Crippen LogP contribution in [0.2, 0.25) is 18.1 Å². The van der Waals surface area contributed by atoms with E-state index in [0.717, 1.165) is 49.8 Å². The summed E-state index contributed by atoms with van der Waals surface area (Å²) in [5.74, 6) is 2.00. The lowest BCUT2D eigenvalue weighted by Gasteiger charge is -2.41. The van der Waals surface area contributed by atoms with Gasteiger partial charge in [-0.25, -0.2) is 0 Å². The van der Waals surface area contributed by atoms with Crippen LogP contribution < -0.4 is 4.74 Å². The Labute approximate surface area is 304 Å². The quantitative estimate of drug-likeness (QED) is 0.212. The number of methoxy groups -OCH3 is 1. The van der Waals surface area contributed by atoms with E-state index in [1.54, 1.807) is 13.2 Å². The highest BCUT2D eigenvalue weighted by Crippen LogP contribution is 2.41. The molecule has 1 aliphatic heterocycles. The molecule has 7 nitrogen and oxygen atoms in total. The second kappa shape index (κ2) is 19.4. The molecule has 280 valence electrons. The average Bonchev–Trinajstić information content (AvgIpc) is 3.51. The Hall–Kier alpha value is -2.44. The van der Waals surface area contributed by atoms with E-state index in [1.807, 2.05) is 43.3 Å². The summed E-state index contributed by atoms with van der Waals surface area (Å²) in [5, 5.41) is 21.0. The van der Waals surface area contributed by atoms with Crippen molar-refractivity contribution < 1.29 is 28.5 Å². The molecule has 0 bridgehead atoms. The highest BCUT2D eigenvalue weighted by Gasteiger charge is 2.42. The molecule has 1 saturated carbocycles. The van der Waals surface area contributed by atoms with E-state index in [-0.39, 0.29) is 53.3 Å². The van der Waals surface area contributed by atoms with Crippen molar-refractivity contribution in [2.45, 2.75) is 143 Å². The second-order valence-corrected chi connectivity index (χ2v) is 21.8. The van der Waals surface area contributed by atoms with Crippen LogP contribution >= 0.6 is 0 Å². The topological polar surface area (TPSA) is 98.0 Å². The summed E-state index contributed by atoms with van der Waals surface area (Å²) in [4.78, 5) is 14.0. The Bertz CT molecular complexity index is 1290. The molecule has 0 aromatic heterocycles. The molecule has 0 spiro atoms. The van der Waals surface area contributed by atoms with E-state index < -0.39 is 14.4 Å². The molecule has 1 aromatic carbocycles. The van der Waals surface area contributed by atoms with Gasteiger partial charge in [-0.1, -0.05) is 79.2 Å². The predicted octanol–water partition coefficient (Wildman–Crippen LogP) is 9.81. The summed E-state index contributed by atoms with van der Waals surface area (Å²) in [7, 11) is -0.504. The summed E-state index contributed by atoms with van der Waals surface area (Å²) >= 11 is 0. The predicted molar refractivity (Wildman–Crippen MR) is 204 cm³/mol. The number of carbonyl (C=O) groups excluding carboxylic acids is 1. The third-order valence-corrected chi connectivity index (χ3v) is 16.1. The maximum Gasteiger partial charge on any atom is 0.308 e. The van der Waals surface area contributed by atoms with Crippen molar-refractivity contribution in [2.24, 2.45) is 35.5 Å². The van der Waals surface area contributed by atoms with E-state index in [9.17, 15) is 15.2 Å². The van der Waals surface area contributed by atoms with Gasteiger partial charge in [0.25, 0.3) is 0 Å². The SMILES string of the molecule is COc1ccc(COC[C@@H]2CCC[C@H]2[C@@H]2C/C=C/C=C(\C#N)[C@H](O)[C@H](C)CC(C)C[C@H](C)C[C@H](C)C(O[Si](C)(C)C(C)(C)C)CC(=O)O2)cc1. The Morgan fingerprint density at radius 2 is 1.66 bits per heavy atom. The lowest BCUT2D eigenvalue weighted by molar-refractivity contribution is -0.155. The largest absolute Gasteiger partial charge is 0.497 e. The van der Waals surface area contributed by atoms with Gasteiger partial charge in [0.1, 0.15) is 11.9 Å². The summed E-state index contributed by atoms with van der Waals surface area (Å²) in [6, 6.07) is 10.2. The van der Waals surface area contributed by atoms with Gasteiger partial charge in [-0.05, 0) is 104 Å². The van der Waals surface area contributed by atoms with E-state index in [4.69, 9.17) is 18.6 Å². The minimum atomic E-state index is -2.17. The number of nitrogens with zero attached hydrogens (tertiary/aromatic N) is 1. The summed E-state index contributed by atoms with van der Waals surface area (Å²) in [6.45, 7) is 21.2. The van der Waals surface area contributed by atoms with Gasteiger partial charge in [0, 0.05) is 12.3 Å². The maximum absolute atomic E-state index is 14.0. The van der Waals surface area contributed by atoms with Crippen LogP contribution in [0, 0.1) is 46.8 Å². The molecule has 0 saturated heterocycles. The maximum atomic E-state index is 14.0. The van der Waals surface area contributed by atoms with Crippen LogP contribution in [0.1, 0.15) is 105 Å². The molecule has 1 aliphatic carbocycles. The smallest absolute Gasteiger partial charge is 0.308 e. The first kappa shape index (κ1) is 42.0. The summed E-state index contributed by atoms with van der Waals surface area (Å²) in [5.41, 5.74) is 1.46. The van der Waals surface area contributed by atoms with E-state index in [1.165, 1.54) is 0 Å². The first-order valence-electron chi connectivity index (χ1n) is 19.1. The Balaban J connectivity index is 1.88. The Morgan fingerprint density at radius 1 is 1.00 bits per heavy atom. The van der Waals surface area contributed by atoms with Crippen LogP contribution in [-0.4, -0.2) is 51.4 Å². The van der Waals surface area contributed by atoms with Crippen LogP contribution in [0.15, 0.2) is 48.1 Å². The molecule has 1 fully saturated rings. The molecule has 0 radical (unpaired) electrons. The number of aliphatic hydroxyl groups is 1. The molecular formula is C42H67NO6Si. The molecule has 0 amide bonds. The standard InChI is InChI=1S/C42H67NO6Si/c1-29-22-30(2)24-32(4)41(45)34(26-43)14-11-12-17-38(48-40(44)25-39(31(3)23-29)49-50(9,10)42(5,6)7)37-16-13-15-35(37)28-47-27-33-18-20-36(46-8)21-19-33/h11-12,14,18-21,29-32,35,37-39,41,45H,13,15-17,22-25,27-28H2,1-10H3/b12-11+,34-14+/t29-,30?,31-,32+,35-,37+,38-,39?,41+/m0/s1. The van der Waals surface area contributed by atoms with Gasteiger partial charge in [-0.15, -0.1) is 0 Å². The van der Waals surface area contributed by atoms with Gasteiger partial charge < -0.3 is 23.7 Å². The first-order chi connectivity index (χ1) is 23.5. The number of rotatable bonds is 8. The van der Waals surface area contributed by atoms with Gasteiger partial charge >= 0.3 is 5.97 Å². The normalized spacial score (nSPS) is 32.9. The zero-order valence-electron chi connectivity index (χ0n) is 32.7. The van der Waals surface area contributed by atoms with Crippen LogP contribution in [0.5, 0.6) is 5.75 Å². The third kappa shape index (κ3) is 12.6. The number of ether oxygens (including phenoxy) is 3. The number of carbonyl (C=O) groups is 1. The van der Waals surface area contributed by atoms with E-state index >= 15 is 0 Å². The Kier molecular flexibility index (Phi) is 16.3. The molecule has 2 unspecified atom stereocenters. The fraction of sp³-hybridized carbons (Fsp3) is 0.714. The van der Waals surface area contributed by atoms with Crippen molar-refractivity contribution in [1.29, 1.82) is 5.26 Å². The van der Waals surface area contributed by atoms with Crippen molar-refractivity contribution >= 4 is 14.3 Å². The third-order valence-electron chi connectivity index (χ3n) is 11.6. The van der Waals surface area contributed by atoms with Gasteiger partial charge in [-0.3, -0.25) is 4.79 Å². The lowest BCUT2D eigenvalue weighted by atomic mass is 9.82. The number of benzene rings is 1.